The molecule has 1 N–H and O–H groups in total. The molecule has 1 aliphatic carbocycles. The zero-order valence-corrected chi connectivity index (χ0v) is 13.7. The minimum atomic E-state index is -0.158. The summed E-state index contributed by atoms with van der Waals surface area (Å²) in [6.45, 7) is 1.85. The maximum absolute atomic E-state index is 11.5. The molecule has 0 spiro atoms. The van der Waals surface area contributed by atoms with Gasteiger partial charge in [0.25, 0.3) is 5.69 Å². The summed E-state index contributed by atoms with van der Waals surface area (Å²) in [6.07, 6.45) is 3.46. The molecule has 1 aromatic heterocycles. The number of nitroso groups, excluding NO2 is 1. The molecular weight excluding hydrogens is 322 g/mol. The van der Waals surface area contributed by atoms with Crippen molar-refractivity contribution in [2.75, 3.05) is 19.0 Å². The summed E-state index contributed by atoms with van der Waals surface area (Å²) in [6, 6.07) is 2.20. The minimum absolute atomic E-state index is 0.158. The molecule has 110 valence electrons. The Bertz CT molecular complexity index is 513. The summed E-state index contributed by atoms with van der Waals surface area (Å²) < 4.78 is 1.66. The molecule has 1 aromatic rings. The monoisotopic (exact) mass is 342 g/mol. The van der Waals surface area contributed by atoms with Crippen LogP contribution in [0, 0.1) is 11.8 Å². The van der Waals surface area contributed by atoms with Gasteiger partial charge in [0.15, 0.2) is 7.05 Å². The van der Waals surface area contributed by atoms with Crippen LogP contribution in [0.2, 0.25) is 0 Å². The molecule has 1 aliphatic rings. The lowest BCUT2D eigenvalue weighted by molar-refractivity contribution is -0.429. The molecule has 5 nitrogen and oxygen atoms in total. The van der Waals surface area contributed by atoms with E-state index in [1.807, 2.05) is 20.0 Å². The van der Waals surface area contributed by atoms with Crippen molar-refractivity contribution in [3.63, 3.8) is 0 Å². The van der Waals surface area contributed by atoms with E-state index in [0.717, 1.165) is 46.4 Å². The van der Waals surface area contributed by atoms with Crippen LogP contribution in [0.1, 0.15) is 31.4 Å². The smallest absolute Gasteiger partial charge is 0.277 e. The third-order valence-corrected chi connectivity index (χ3v) is 4.59. The Labute approximate surface area is 127 Å². The summed E-state index contributed by atoms with van der Waals surface area (Å²) >= 11 is 3.51. The lowest BCUT2D eigenvalue weighted by Crippen LogP contribution is -2.37. The van der Waals surface area contributed by atoms with Gasteiger partial charge < -0.3 is 10.0 Å². The number of hydrogen-bond donors (Lipinski definition) is 1. The fourth-order valence-corrected chi connectivity index (χ4v) is 3.33. The van der Waals surface area contributed by atoms with Crippen molar-refractivity contribution in [1.82, 2.24) is 4.98 Å². The number of aryl methyl sites for hydroxylation is 1. The molecule has 0 bridgehead atoms. The van der Waals surface area contributed by atoms with E-state index in [1.54, 1.807) is 0 Å². The van der Waals surface area contributed by atoms with Gasteiger partial charge in [0.1, 0.15) is 11.5 Å². The van der Waals surface area contributed by atoms with Gasteiger partial charge in [-0.05, 0) is 48.5 Å². The van der Waals surface area contributed by atoms with E-state index in [2.05, 4.69) is 25.8 Å². The van der Waals surface area contributed by atoms with E-state index < -0.39 is 0 Å². The van der Waals surface area contributed by atoms with Gasteiger partial charge in [-0.25, -0.2) is 4.98 Å². The molecule has 20 heavy (non-hydrogen) atoms. The third-order valence-electron chi connectivity index (χ3n) is 4.01. The second-order valence-corrected chi connectivity index (χ2v) is 6.32. The van der Waals surface area contributed by atoms with Crippen LogP contribution in [-0.2, 0) is 0 Å². The van der Waals surface area contributed by atoms with Crippen LogP contribution in [0.3, 0.4) is 0 Å². The molecule has 2 rings (SSSR count). The standard InChI is InChI=1S/C14H21BrN3O2/c1-9-13(18(3)20)8-12(15)14(16-9)17(2)10-4-6-11(19)7-5-10/h8,10-11,19H,4-7H2,1-3H3/q+1. The second-order valence-electron chi connectivity index (χ2n) is 5.47. The molecular formula is C14H21BrN3O2+. The quantitative estimate of drug-likeness (QED) is 0.858. The van der Waals surface area contributed by atoms with Crippen LogP contribution in [0.5, 0.6) is 0 Å². The first-order valence-corrected chi connectivity index (χ1v) is 7.68. The number of halogens is 1. The molecule has 1 heterocycles. The SMILES string of the molecule is Cc1nc(N(C)C2CCC(O)CC2)c(Br)cc1[N+](C)=O. The highest BCUT2D eigenvalue weighted by atomic mass is 79.9. The first kappa shape index (κ1) is 15.4. The van der Waals surface area contributed by atoms with Gasteiger partial charge in [-0.2, -0.15) is 0 Å². The van der Waals surface area contributed by atoms with Gasteiger partial charge in [0.2, 0.25) is 0 Å². The minimum Gasteiger partial charge on any atom is -0.393 e. The van der Waals surface area contributed by atoms with Gasteiger partial charge in [-0.1, -0.05) is 0 Å². The number of nitrogens with zero attached hydrogens (tertiary/aromatic N) is 3. The summed E-state index contributed by atoms with van der Waals surface area (Å²) in [7, 11) is 3.50. The lowest BCUT2D eigenvalue weighted by atomic mass is 9.92. The van der Waals surface area contributed by atoms with Crippen LogP contribution in [0.4, 0.5) is 11.5 Å². The van der Waals surface area contributed by atoms with Crippen molar-refractivity contribution in [1.29, 1.82) is 0 Å². The van der Waals surface area contributed by atoms with Crippen molar-refractivity contribution in [3.05, 3.63) is 21.1 Å². The summed E-state index contributed by atoms with van der Waals surface area (Å²) in [5.41, 5.74) is 1.30. The third kappa shape index (κ3) is 3.17. The van der Waals surface area contributed by atoms with Crippen molar-refractivity contribution in [3.8, 4) is 0 Å². The van der Waals surface area contributed by atoms with E-state index >= 15 is 0 Å². The maximum atomic E-state index is 11.5. The number of anilines is 1. The van der Waals surface area contributed by atoms with Crippen molar-refractivity contribution < 1.29 is 9.87 Å². The van der Waals surface area contributed by atoms with Crippen molar-refractivity contribution >= 4 is 27.4 Å². The Morgan fingerprint density at radius 1 is 1.40 bits per heavy atom. The molecule has 1 fully saturated rings. The van der Waals surface area contributed by atoms with E-state index in [-0.39, 0.29) is 6.10 Å². The zero-order valence-electron chi connectivity index (χ0n) is 12.1. The fourth-order valence-electron chi connectivity index (χ4n) is 2.74. The van der Waals surface area contributed by atoms with Crippen molar-refractivity contribution in [2.45, 2.75) is 44.8 Å². The van der Waals surface area contributed by atoms with E-state index in [4.69, 9.17) is 0 Å². The van der Waals surface area contributed by atoms with Gasteiger partial charge >= 0.3 is 0 Å². The highest BCUT2D eigenvalue weighted by molar-refractivity contribution is 9.10. The normalized spacial score (nSPS) is 22.6. The van der Waals surface area contributed by atoms with Crippen LogP contribution in [-0.4, -0.2) is 41.1 Å². The second kappa shape index (κ2) is 6.18. The van der Waals surface area contributed by atoms with Gasteiger partial charge in [0.05, 0.1) is 10.6 Å². The maximum Gasteiger partial charge on any atom is 0.277 e. The summed E-state index contributed by atoms with van der Waals surface area (Å²) in [4.78, 5) is 18.2. The van der Waals surface area contributed by atoms with E-state index in [1.165, 1.54) is 7.05 Å². The number of aliphatic hydroxyl groups excluding tert-OH is 1. The highest BCUT2D eigenvalue weighted by Crippen LogP contribution is 2.33. The molecule has 0 aliphatic heterocycles. The largest absolute Gasteiger partial charge is 0.393 e. The number of rotatable bonds is 3. The average Bonchev–Trinajstić information content (AvgIpc) is 2.40. The number of aliphatic hydroxyl groups is 1. The summed E-state index contributed by atoms with van der Waals surface area (Å²) in [5.74, 6) is 0.856. The average molecular weight is 343 g/mol. The topological polar surface area (TPSA) is 56.4 Å². The first-order valence-electron chi connectivity index (χ1n) is 6.89. The fraction of sp³-hybridized carbons (Fsp3) is 0.643. The number of aromatic nitrogens is 1. The Hall–Kier alpha value is -1.01. The summed E-state index contributed by atoms with van der Waals surface area (Å²) in [5, 5.41) is 9.59. The number of pyridine rings is 1. The molecule has 0 radical (unpaired) electrons. The van der Waals surface area contributed by atoms with E-state index in [9.17, 15) is 10.0 Å². The van der Waals surface area contributed by atoms with Crippen LogP contribution >= 0.6 is 15.9 Å². The highest BCUT2D eigenvalue weighted by Gasteiger charge is 2.26. The molecule has 6 heteroatoms. The molecule has 1 saturated carbocycles. The van der Waals surface area contributed by atoms with Crippen LogP contribution in [0.25, 0.3) is 0 Å². The Kier molecular flexibility index (Phi) is 4.75. The molecule has 0 amide bonds. The molecule has 0 unspecified atom stereocenters. The zero-order chi connectivity index (χ0) is 14.9. The van der Waals surface area contributed by atoms with Gasteiger partial charge in [-0.15, -0.1) is 0 Å². The Morgan fingerprint density at radius 3 is 2.55 bits per heavy atom. The Balaban J connectivity index is 2.24. The first-order chi connectivity index (χ1) is 9.40. The Morgan fingerprint density at radius 2 is 2.00 bits per heavy atom. The molecule has 0 saturated heterocycles. The van der Waals surface area contributed by atoms with Crippen LogP contribution < -0.4 is 4.90 Å². The predicted molar refractivity (Wildman–Crippen MR) is 82.6 cm³/mol. The van der Waals surface area contributed by atoms with Crippen molar-refractivity contribution in [2.24, 2.45) is 0 Å². The molecule has 0 aromatic carbocycles. The number of hydrogen-bond acceptors (Lipinski definition) is 4. The van der Waals surface area contributed by atoms with Crippen LogP contribution in [0.15, 0.2) is 10.5 Å². The van der Waals surface area contributed by atoms with Gasteiger partial charge in [0, 0.05) is 28.8 Å². The molecule has 0 atom stereocenters. The lowest BCUT2D eigenvalue weighted by Gasteiger charge is -2.34. The predicted octanol–water partition coefficient (Wildman–Crippen LogP) is 2.93. The van der Waals surface area contributed by atoms with E-state index in [0.29, 0.717) is 11.7 Å². The van der Waals surface area contributed by atoms with Gasteiger partial charge in [-0.3, -0.25) is 0 Å².